The number of amides is 1. The molecule has 2 aromatic carbocycles. The molecule has 10 heteroatoms. The maximum atomic E-state index is 14.7. The molecular weight excluding hydrogens is 473 g/mol. The molecule has 0 bridgehead atoms. The van der Waals surface area contributed by atoms with Crippen molar-refractivity contribution in [3.63, 3.8) is 0 Å². The number of nitrogens with zero attached hydrogens (tertiary/aromatic N) is 4. The van der Waals surface area contributed by atoms with Gasteiger partial charge in [-0.1, -0.05) is 23.7 Å². The minimum atomic E-state index is -0.688. The quantitative estimate of drug-likeness (QED) is 0.472. The number of aromatic amines is 1. The fraction of sp³-hybridized carbons (Fsp3) is 0.200. The largest absolute Gasteiger partial charge is 0.353 e. The van der Waals surface area contributed by atoms with Gasteiger partial charge in [-0.15, -0.1) is 0 Å². The molecule has 0 spiro atoms. The molecule has 35 heavy (non-hydrogen) atoms. The highest BCUT2D eigenvalue weighted by molar-refractivity contribution is 6.35. The minimum Gasteiger partial charge on any atom is -0.353 e. The lowest BCUT2D eigenvalue weighted by Crippen LogP contribution is -2.49. The molecule has 2 aromatic heterocycles. The summed E-state index contributed by atoms with van der Waals surface area (Å²) >= 11 is 6.16. The molecule has 1 saturated heterocycles. The second-order valence-corrected chi connectivity index (χ2v) is 8.66. The molecule has 0 saturated carbocycles. The van der Waals surface area contributed by atoms with Crippen LogP contribution in [0.1, 0.15) is 15.9 Å². The standard InChI is InChI=1S/C25H21ClFN5O3/c26-18-4-3-5-20-22(18)23(33)29-25(35)32(20)15-17-14-16(7-8-19(17)27)24(34)31-12-10-30(11-13-31)21-6-1-2-9-28-21/h1-9,14H,10-13,15H2,(H,29,33,35). The number of fused-ring (bicyclic) bond motifs is 1. The summed E-state index contributed by atoms with van der Waals surface area (Å²) in [5.74, 6) is 0.0887. The van der Waals surface area contributed by atoms with Gasteiger partial charge in [0, 0.05) is 43.5 Å². The van der Waals surface area contributed by atoms with Crippen LogP contribution < -0.4 is 16.1 Å². The van der Waals surface area contributed by atoms with E-state index in [1.165, 1.54) is 22.8 Å². The van der Waals surface area contributed by atoms with Crippen LogP contribution in [0.3, 0.4) is 0 Å². The summed E-state index contributed by atoms with van der Waals surface area (Å²) in [6.45, 7) is 2.11. The third-order valence-electron chi connectivity index (χ3n) is 6.14. The summed E-state index contributed by atoms with van der Waals surface area (Å²) in [4.78, 5) is 48.4. The number of halogens is 2. The van der Waals surface area contributed by atoms with Crippen LogP contribution in [0.15, 0.2) is 70.4 Å². The summed E-state index contributed by atoms with van der Waals surface area (Å²) in [7, 11) is 0. The first-order valence-corrected chi connectivity index (χ1v) is 11.4. The molecule has 8 nitrogen and oxygen atoms in total. The Morgan fingerprint density at radius 2 is 1.83 bits per heavy atom. The maximum absolute atomic E-state index is 14.7. The summed E-state index contributed by atoms with van der Waals surface area (Å²) < 4.78 is 16.0. The minimum absolute atomic E-state index is 0.146. The number of nitrogens with one attached hydrogen (secondary N) is 1. The molecule has 5 rings (SSSR count). The van der Waals surface area contributed by atoms with E-state index in [-0.39, 0.29) is 33.9 Å². The van der Waals surface area contributed by atoms with Gasteiger partial charge in [-0.25, -0.2) is 14.2 Å². The Morgan fingerprint density at radius 3 is 2.57 bits per heavy atom. The maximum Gasteiger partial charge on any atom is 0.329 e. The van der Waals surface area contributed by atoms with E-state index in [9.17, 15) is 18.8 Å². The zero-order valence-electron chi connectivity index (χ0n) is 18.6. The number of H-pyrrole nitrogens is 1. The third kappa shape index (κ3) is 4.42. The Labute approximate surface area is 204 Å². The second kappa shape index (κ2) is 9.34. The van der Waals surface area contributed by atoms with Crippen molar-refractivity contribution in [1.82, 2.24) is 19.4 Å². The number of carbonyl (C=O) groups is 1. The van der Waals surface area contributed by atoms with Gasteiger partial charge in [0.2, 0.25) is 0 Å². The van der Waals surface area contributed by atoms with Crippen LogP contribution in [-0.2, 0) is 6.54 Å². The van der Waals surface area contributed by atoms with Gasteiger partial charge in [0.1, 0.15) is 11.6 Å². The number of carbonyl (C=O) groups excluding carboxylic acids is 1. The molecule has 1 aliphatic heterocycles. The molecule has 0 unspecified atom stereocenters. The first kappa shape index (κ1) is 22.8. The van der Waals surface area contributed by atoms with E-state index in [1.807, 2.05) is 18.2 Å². The number of piperazine rings is 1. The van der Waals surface area contributed by atoms with E-state index >= 15 is 0 Å². The van der Waals surface area contributed by atoms with Crippen LogP contribution in [0.5, 0.6) is 0 Å². The van der Waals surface area contributed by atoms with Crippen molar-refractivity contribution in [3.05, 3.63) is 104 Å². The molecule has 3 heterocycles. The number of hydrogen-bond donors (Lipinski definition) is 1. The van der Waals surface area contributed by atoms with E-state index in [0.29, 0.717) is 31.7 Å². The summed E-state index contributed by atoms with van der Waals surface area (Å²) in [5.41, 5.74) is -0.536. The lowest BCUT2D eigenvalue weighted by Gasteiger charge is -2.35. The smallest absolute Gasteiger partial charge is 0.329 e. The van der Waals surface area contributed by atoms with Gasteiger partial charge < -0.3 is 9.80 Å². The Bertz CT molecular complexity index is 1530. The van der Waals surface area contributed by atoms with Gasteiger partial charge in [0.25, 0.3) is 11.5 Å². The number of rotatable bonds is 4. The monoisotopic (exact) mass is 493 g/mol. The number of hydrogen-bond acceptors (Lipinski definition) is 5. The fourth-order valence-electron chi connectivity index (χ4n) is 4.32. The normalized spacial score (nSPS) is 13.9. The molecular formula is C25H21ClFN5O3. The first-order valence-electron chi connectivity index (χ1n) is 11.1. The molecule has 0 atom stereocenters. The molecule has 1 fully saturated rings. The topological polar surface area (TPSA) is 91.3 Å². The molecule has 178 valence electrons. The predicted molar refractivity (Wildman–Crippen MR) is 132 cm³/mol. The Balaban J connectivity index is 1.40. The number of pyridine rings is 1. The lowest BCUT2D eigenvalue weighted by molar-refractivity contribution is 0.0746. The van der Waals surface area contributed by atoms with Gasteiger partial charge >= 0.3 is 5.69 Å². The van der Waals surface area contributed by atoms with E-state index in [4.69, 9.17) is 11.6 Å². The molecule has 1 amide bonds. The predicted octanol–water partition coefficient (Wildman–Crippen LogP) is 2.89. The summed E-state index contributed by atoms with van der Waals surface area (Å²) in [5, 5.41) is 0.332. The highest BCUT2D eigenvalue weighted by Gasteiger charge is 2.23. The molecule has 0 radical (unpaired) electrons. The van der Waals surface area contributed by atoms with Crippen molar-refractivity contribution in [1.29, 1.82) is 0 Å². The second-order valence-electron chi connectivity index (χ2n) is 8.25. The zero-order valence-corrected chi connectivity index (χ0v) is 19.3. The van der Waals surface area contributed by atoms with Crippen LogP contribution in [0, 0.1) is 5.82 Å². The van der Waals surface area contributed by atoms with Gasteiger partial charge in [0.05, 0.1) is 22.5 Å². The van der Waals surface area contributed by atoms with Crippen LogP contribution >= 0.6 is 11.6 Å². The fourth-order valence-corrected chi connectivity index (χ4v) is 4.57. The van der Waals surface area contributed by atoms with Gasteiger partial charge in [-0.05, 0) is 42.5 Å². The Morgan fingerprint density at radius 1 is 1.03 bits per heavy atom. The van der Waals surface area contributed by atoms with Gasteiger partial charge in [0.15, 0.2) is 0 Å². The molecule has 0 aliphatic carbocycles. The van der Waals surface area contributed by atoms with Crippen molar-refractivity contribution < 1.29 is 9.18 Å². The molecule has 4 aromatic rings. The van der Waals surface area contributed by atoms with Crippen LogP contribution in [0.2, 0.25) is 5.02 Å². The van der Waals surface area contributed by atoms with Crippen LogP contribution in [0.25, 0.3) is 10.9 Å². The van der Waals surface area contributed by atoms with Crippen molar-refractivity contribution >= 4 is 34.2 Å². The van der Waals surface area contributed by atoms with E-state index < -0.39 is 17.1 Å². The summed E-state index contributed by atoms with van der Waals surface area (Å²) in [6, 6.07) is 14.6. The average molecular weight is 494 g/mol. The first-order chi connectivity index (χ1) is 16.9. The van der Waals surface area contributed by atoms with Crippen LogP contribution in [-0.4, -0.2) is 51.5 Å². The number of benzene rings is 2. The van der Waals surface area contributed by atoms with Gasteiger partial charge in [-0.3, -0.25) is 19.1 Å². The highest BCUT2D eigenvalue weighted by Crippen LogP contribution is 2.21. The number of aromatic nitrogens is 3. The SMILES string of the molecule is O=C(c1ccc(F)c(Cn2c(=O)[nH]c(=O)c3c(Cl)cccc32)c1)N1CCN(c2ccccn2)CC1. The van der Waals surface area contributed by atoms with E-state index in [0.717, 1.165) is 5.82 Å². The van der Waals surface area contributed by atoms with Crippen molar-refractivity contribution in [2.75, 3.05) is 31.1 Å². The molecule has 1 N–H and O–H groups in total. The third-order valence-corrected chi connectivity index (χ3v) is 6.45. The average Bonchev–Trinajstić information content (AvgIpc) is 2.87. The van der Waals surface area contributed by atoms with Crippen molar-refractivity contribution in [2.45, 2.75) is 6.54 Å². The van der Waals surface area contributed by atoms with Crippen molar-refractivity contribution in [2.24, 2.45) is 0 Å². The van der Waals surface area contributed by atoms with E-state index in [1.54, 1.807) is 29.3 Å². The van der Waals surface area contributed by atoms with Gasteiger partial charge in [-0.2, -0.15) is 0 Å². The Hall–Kier alpha value is -3.98. The molecule has 1 aliphatic rings. The van der Waals surface area contributed by atoms with Crippen molar-refractivity contribution in [3.8, 4) is 0 Å². The zero-order chi connectivity index (χ0) is 24.5. The van der Waals surface area contributed by atoms with E-state index in [2.05, 4.69) is 14.9 Å². The van der Waals surface area contributed by atoms with Crippen LogP contribution in [0.4, 0.5) is 10.2 Å². The summed E-state index contributed by atoms with van der Waals surface area (Å²) in [6.07, 6.45) is 1.73. The highest BCUT2D eigenvalue weighted by atomic mass is 35.5. The lowest BCUT2D eigenvalue weighted by atomic mass is 10.1. The Kier molecular flexibility index (Phi) is 6.08. The number of anilines is 1.